The lowest BCUT2D eigenvalue weighted by Gasteiger charge is -2.35. The molecule has 1 aromatic carbocycles. The first kappa shape index (κ1) is 20.0. The molecule has 1 N–H and O–H groups in total. The molecule has 6 heteroatoms. The van der Waals surface area contributed by atoms with Crippen molar-refractivity contribution in [2.24, 2.45) is 5.92 Å². The third-order valence-corrected chi connectivity index (χ3v) is 6.14. The number of hydrogen-bond acceptors (Lipinski definition) is 4. The van der Waals surface area contributed by atoms with Crippen molar-refractivity contribution in [2.75, 3.05) is 19.6 Å². The highest BCUT2D eigenvalue weighted by atomic mass is 35.5. The standard InChI is InChI=1S/C23H27ClN2O3/c1-14-8-10-26(11-9-14)19(21-6-4-15(2)28-21)13-25-23(27)22-16(3)18-12-17(24)5-7-20(18)29-22/h4-7,12,14,19H,8-11,13H2,1-3H3,(H,25,27). The van der Waals surface area contributed by atoms with Crippen molar-refractivity contribution in [1.82, 2.24) is 10.2 Å². The van der Waals surface area contributed by atoms with Gasteiger partial charge in [0.1, 0.15) is 17.1 Å². The van der Waals surface area contributed by atoms with Gasteiger partial charge < -0.3 is 14.2 Å². The summed E-state index contributed by atoms with van der Waals surface area (Å²) in [7, 11) is 0. The molecule has 0 spiro atoms. The summed E-state index contributed by atoms with van der Waals surface area (Å²) in [5.74, 6) is 2.64. The molecule has 1 fully saturated rings. The van der Waals surface area contributed by atoms with E-state index in [1.165, 1.54) is 0 Å². The fourth-order valence-corrected chi connectivity index (χ4v) is 4.23. The minimum atomic E-state index is -0.214. The molecule has 1 amide bonds. The van der Waals surface area contributed by atoms with E-state index in [9.17, 15) is 4.79 Å². The predicted octanol–water partition coefficient (Wildman–Crippen LogP) is 5.50. The van der Waals surface area contributed by atoms with Crippen molar-refractivity contribution >= 4 is 28.5 Å². The normalized spacial score (nSPS) is 17.0. The van der Waals surface area contributed by atoms with E-state index in [-0.39, 0.29) is 11.9 Å². The van der Waals surface area contributed by atoms with Crippen molar-refractivity contribution in [2.45, 2.75) is 39.7 Å². The Morgan fingerprint density at radius 3 is 2.66 bits per heavy atom. The number of carbonyl (C=O) groups is 1. The van der Waals surface area contributed by atoms with Crippen LogP contribution in [0.5, 0.6) is 0 Å². The Hall–Kier alpha value is -2.24. The molecule has 29 heavy (non-hydrogen) atoms. The van der Waals surface area contributed by atoms with E-state index in [1.54, 1.807) is 12.1 Å². The monoisotopic (exact) mass is 414 g/mol. The van der Waals surface area contributed by atoms with Gasteiger partial charge in [0.2, 0.25) is 0 Å². The van der Waals surface area contributed by atoms with Gasteiger partial charge in [-0.25, -0.2) is 0 Å². The number of halogens is 1. The third-order valence-electron chi connectivity index (χ3n) is 5.91. The van der Waals surface area contributed by atoms with Crippen LogP contribution in [0.25, 0.3) is 11.0 Å². The summed E-state index contributed by atoms with van der Waals surface area (Å²) in [6.07, 6.45) is 2.32. The molecule has 1 aliphatic heterocycles. The van der Waals surface area contributed by atoms with Crippen molar-refractivity contribution < 1.29 is 13.6 Å². The molecular formula is C23H27ClN2O3. The lowest BCUT2D eigenvalue weighted by Crippen LogP contribution is -2.41. The Balaban J connectivity index is 1.52. The minimum absolute atomic E-state index is 0.0132. The first-order chi connectivity index (χ1) is 13.9. The molecule has 5 nitrogen and oxygen atoms in total. The summed E-state index contributed by atoms with van der Waals surface area (Å²) in [6.45, 7) is 8.60. The number of amides is 1. The lowest BCUT2D eigenvalue weighted by atomic mass is 9.97. The lowest BCUT2D eigenvalue weighted by molar-refractivity contribution is 0.0871. The number of benzene rings is 1. The summed E-state index contributed by atoms with van der Waals surface area (Å²) in [6, 6.07) is 9.39. The maximum absolute atomic E-state index is 12.9. The van der Waals surface area contributed by atoms with Crippen LogP contribution in [0.1, 0.15) is 53.4 Å². The fraction of sp³-hybridized carbons (Fsp3) is 0.435. The molecule has 3 heterocycles. The zero-order chi connectivity index (χ0) is 20.5. The van der Waals surface area contributed by atoms with Crippen LogP contribution in [0.3, 0.4) is 0 Å². The minimum Gasteiger partial charge on any atom is -0.465 e. The summed E-state index contributed by atoms with van der Waals surface area (Å²) in [5.41, 5.74) is 1.47. The van der Waals surface area contributed by atoms with Gasteiger partial charge in [0.05, 0.1) is 6.04 Å². The largest absolute Gasteiger partial charge is 0.465 e. The molecule has 2 aromatic heterocycles. The molecule has 4 rings (SSSR count). The Labute approximate surface area is 176 Å². The zero-order valence-electron chi connectivity index (χ0n) is 17.1. The van der Waals surface area contributed by atoms with Crippen molar-refractivity contribution in [1.29, 1.82) is 0 Å². The first-order valence-electron chi connectivity index (χ1n) is 10.2. The van der Waals surface area contributed by atoms with E-state index in [1.807, 2.05) is 32.0 Å². The smallest absolute Gasteiger partial charge is 0.287 e. The Bertz CT molecular complexity index is 1010. The number of piperidine rings is 1. The van der Waals surface area contributed by atoms with E-state index in [0.717, 1.165) is 54.3 Å². The number of hydrogen-bond donors (Lipinski definition) is 1. The SMILES string of the molecule is Cc1ccc(C(CNC(=O)c2oc3ccc(Cl)cc3c2C)N2CCC(C)CC2)o1. The molecule has 0 radical (unpaired) electrons. The van der Waals surface area contributed by atoms with E-state index < -0.39 is 0 Å². The van der Waals surface area contributed by atoms with Gasteiger partial charge in [-0.3, -0.25) is 9.69 Å². The van der Waals surface area contributed by atoms with E-state index in [0.29, 0.717) is 22.9 Å². The molecule has 0 aliphatic carbocycles. The number of nitrogens with one attached hydrogen (secondary N) is 1. The van der Waals surface area contributed by atoms with E-state index in [2.05, 4.69) is 17.1 Å². The molecule has 1 saturated heterocycles. The number of aryl methyl sites for hydroxylation is 2. The van der Waals surface area contributed by atoms with Crippen molar-refractivity contribution in [3.63, 3.8) is 0 Å². The second-order valence-corrected chi connectivity index (χ2v) is 8.53. The summed E-state index contributed by atoms with van der Waals surface area (Å²) >= 11 is 6.09. The molecule has 1 atom stereocenters. The maximum atomic E-state index is 12.9. The summed E-state index contributed by atoms with van der Waals surface area (Å²) in [5, 5.41) is 4.56. The zero-order valence-corrected chi connectivity index (χ0v) is 17.9. The van der Waals surface area contributed by atoms with Gasteiger partial charge >= 0.3 is 0 Å². The fourth-order valence-electron chi connectivity index (χ4n) is 4.06. The quantitative estimate of drug-likeness (QED) is 0.598. The Kier molecular flexibility index (Phi) is 5.70. The van der Waals surface area contributed by atoms with Crippen LogP contribution < -0.4 is 5.32 Å². The third kappa shape index (κ3) is 4.21. The summed E-state index contributed by atoms with van der Waals surface area (Å²) in [4.78, 5) is 15.3. The average molecular weight is 415 g/mol. The molecule has 0 saturated carbocycles. The van der Waals surface area contributed by atoms with Crippen LogP contribution in [0.2, 0.25) is 5.02 Å². The number of nitrogens with zero attached hydrogens (tertiary/aromatic N) is 1. The van der Waals surface area contributed by atoms with Crippen molar-refractivity contribution in [3.05, 3.63) is 58.2 Å². The number of rotatable bonds is 5. The highest BCUT2D eigenvalue weighted by molar-refractivity contribution is 6.31. The number of furan rings is 2. The van der Waals surface area contributed by atoms with Crippen LogP contribution in [0, 0.1) is 19.8 Å². The van der Waals surface area contributed by atoms with Gasteiger partial charge in [-0.2, -0.15) is 0 Å². The van der Waals surface area contributed by atoms with Crippen LogP contribution in [0.15, 0.2) is 39.2 Å². The molecular weight excluding hydrogens is 388 g/mol. The Morgan fingerprint density at radius 2 is 1.97 bits per heavy atom. The molecule has 1 unspecified atom stereocenters. The molecule has 1 aliphatic rings. The van der Waals surface area contributed by atoms with Gasteiger partial charge in [-0.05, 0) is 76.0 Å². The van der Waals surface area contributed by atoms with Gasteiger partial charge in [0.15, 0.2) is 5.76 Å². The van der Waals surface area contributed by atoms with Crippen LogP contribution in [0.4, 0.5) is 0 Å². The highest BCUT2D eigenvalue weighted by Crippen LogP contribution is 2.29. The van der Waals surface area contributed by atoms with E-state index in [4.69, 9.17) is 20.4 Å². The molecule has 154 valence electrons. The summed E-state index contributed by atoms with van der Waals surface area (Å²) < 4.78 is 11.7. The number of fused-ring (bicyclic) bond motifs is 1. The highest BCUT2D eigenvalue weighted by Gasteiger charge is 2.28. The van der Waals surface area contributed by atoms with Gasteiger partial charge in [0, 0.05) is 22.5 Å². The molecule has 3 aromatic rings. The van der Waals surface area contributed by atoms with Gasteiger partial charge in [0.25, 0.3) is 5.91 Å². The maximum Gasteiger partial charge on any atom is 0.287 e. The number of likely N-dealkylation sites (tertiary alicyclic amines) is 1. The van der Waals surface area contributed by atoms with Crippen molar-refractivity contribution in [3.8, 4) is 0 Å². The van der Waals surface area contributed by atoms with Gasteiger partial charge in [-0.1, -0.05) is 18.5 Å². The number of carbonyl (C=O) groups excluding carboxylic acids is 1. The second-order valence-electron chi connectivity index (χ2n) is 8.09. The average Bonchev–Trinajstić information content (AvgIpc) is 3.27. The second kappa shape index (κ2) is 8.25. The van der Waals surface area contributed by atoms with Crippen LogP contribution in [-0.2, 0) is 0 Å². The molecule has 0 bridgehead atoms. The topological polar surface area (TPSA) is 58.6 Å². The predicted molar refractivity (Wildman–Crippen MR) is 114 cm³/mol. The van der Waals surface area contributed by atoms with Crippen LogP contribution in [-0.4, -0.2) is 30.4 Å². The Morgan fingerprint density at radius 1 is 1.21 bits per heavy atom. The van der Waals surface area contributed by atoms with E-state index >= 15 is 0 Å². The first-order valence-corrected chi connectivity index (χ1v) is 10.6. The van der Waals surface area contributed by atoms with Gasteiger partial charge in [-0.15, -0.1) is 0 Å². The van der Waals surface area contributed by atoms with Crippen LogP contribution >= 0.6 is 11.6 Å².